The molecular weight excluding hydrogens is 340 g/mol. The van der Waals surface area contributed by atoms with Gasteiger partial charge in [0.15, 0.2) is 11.7 Å². The minimum absolute atomic E-state index is 0.0425. The second kappa shape index (κ2) is 10.00. The summed E-state index contributed by atoms with van der Waals surface area (Å²) in [6.45, 7) is 9.04. The Morgan fingerprint density at radius 2 is 2.00 bits per heavy atom. The van der Waals surface area contributed by atoms with E-state index in [0.717, 1.165) is 35.6 Å². The number of hydrogen-bond acceptors (Lipinski definition) is 4. The molecule has 148 valence electrons. The highest BCUT2D eigenvalue weighted by Gasteiger charge is 2.15. The minimum Gasteiger partial charge on any atom is -0.496 e. The molecule has 6 nitrogen and oxygen atoms in total. The Bertz CT molecular complexity index is 750. The Balaban J connectivity index is 1.99. The van der Waals surface area contributed by atoms with Crippen LogP contribution < -0.4 is 15.4 Å². The van der Waals surface area contributed by atoms with Crippen molar-refractivity contribution >= 4 is 5.96 Å². The predicted molar refractivity (Wildman–Crippen MR) is 109 cm³/mol. The molecule has 1 aromatic carbocycles. The monoisotopic (exact) mass is 372 g/mol. The van der Waals surface area contributed by atoms with Crippen LogP contribution in [-0.2, 0) is 6.54 Å². The van der Waals surface area contributed by atoms with Crippen LogP contribution in [0.2, 0.25) is 0 Å². The highest BCUT2D eigenvalue weighted by Crippen LogP contribution is 2.26. The number of rotatable bonds is 8. The van der Waals surface area contributed by atoms with Crippen LogP contribution in [-0.4, -0.2) is 25.3 Å². The second-order valence-electron chi connectivity index (χ2n) is 6.77. The number of aliphatic imine (C=N–C) groups is 1. The number of guanidine groups is 1. The third-order valence-electron chi connectivity index (χ3n) is 4.84. The molecule has 0 aliphatic carbocycles. The first-order valence-electron chi connectivity index (χ1n) is 9.59. The average molecular weight is 373 g/mol. The zero-order valence-corrected chi connectivity index (χ0v) is 17.3. The van der Waals surface area contributed by atoms with E-state index in [0.29, 0.717) is 18.4 Å². The predicted octanol–water partition coefficient (Wildman–Crippen LogP) is 4.32. The van der Waals surface area contributed by atoms with Gasteiger partial charge < -0.3 is 19.9 Å². The Morgan fingerprint density at radius 3 is 2.63 bits per heavy atom. The van der Waals surface area contributed by atoms with Gasteiger partial charge in [0.1, 0.15) is 5.75 Å². The van der Waals surface area contributed by atoms with Crippen molar-refractivity contribution in [1.29, 1.82) is 0 Å². The average Bonchev–Trinajstić information content (AvgIpc) is 3.14. The third kappa shape index (κ3) is 5.49. The molecule has 1 unspecified atom stereocenters. The van der Waals surface area contributed by atoms with Gasteiger partial charge in [-0.25, -0.2) is 0 Å². The molecule has 0 saturated carbocycles. The number of nitrogens with zero attached hydrogens (tertiary/aromatic N) is 2. The molecule has 2 N–H and O–H groups in total. The fourth-order valence-electron chi connectivity index (χ4n) is 3.15. The molecule has 1 atom stereocenters. The molecule has 0 spiro atoms. The van der Waals surface area contributed by atoms with E-state index >= 15 is 0 Å². The number of hydrogen-bond donors (Lipinski definition) is 2. The lowest BCUT2D eigenvalue weighted by atomic mass is 9.99. The Labute approximate surface area is 162 Å². The largest absolute Gasteiger partial charge is 0.496 e. The van der Waals surface area contributed by atoms with Crippen LogP contribution in [0, 0.1) is 6.92 Å². The van der Waals surface area contributed by atoms with E-state index in [1.807, 2.05) is 18.2 Å². The van der Waals surface area contributed by atoms with Gasteiger partial charge in [0.05, 0.1) is 25.4 Å². The smallest absolute Gasteiger partial charge is 0.191 e. The molecule has 0 amide bonds. The highest BCUT2D eigenvalue weighted by molar-refractivity contribution is 5.80. The first kappa shape index (κ1) is 20.8. The van der Waals surface area contributed by atoms with E-state index in [1.54, 1.807) is 14.2 Å². The molecule has 0 fully saturated rings. The third-order valence-corrected chi connectivity index (χ3v) is 4.84. The summed E-state index contributed by atoms with van der Waals surface area (Å²) in [5.41, 5.74) is 3.31. The van der Waals surface area contributed by atoms with Crippen LogP contribution >= 0.6 is 0 Å². The Morgan fingerprint density at radius 1 is 1.26 bits per heavy atom. The van der Waals surface area contributed by atoms with Gasteiger partial charge in [-0.1, -0.05) is 36.7 Å². The molecular formula is C21H32N4O2. The van der Waals surface area contributed by atoms with Crippen LogP contribution in [0.4, 0.5) is 0 Å². The van der Waals surface area contributed by atoms with Crippen molar-refractivity contribution in [3.8, 4) is 5.75 Å². The maximum absolute atomic E-state index is 5.49. The molecule has 1 aromatic heterocycles. The number of benzene rings is 1. The van der Waals surface area contributed by atoms with E-state index in [2.05, 4.69) is 54.5 Å². The molecule has 0 aliphatic heterocycles. The number of ether oxygens (including phenoxy) is 1. The molecule has 27 heavy (non-hydrogen) atoms. The zero-order valence-electron chi connectivity index (χ0n) is 17.3. The molecule has 6 heteroatoms. The number of aromatic nitrogens is 1. The van der Waals surface area contributed by atoms with Crippen LogP contribution in [0.15, 0.2) is 33.8 Å². The number of nitrogens with one attached hydrogen (secondary N) is 2. The lowest BCUT2D eigenvalue weighted by Crippen LogP contribution is -2.38. The highest BCUT2D eigenvalue weighted by atomic mass is 16.5. The van der Waals surface area contributed by atoms with E-state index in [1.165, 1.54) is 5.56 Å². The van der Waals surface area contributed by atoms with E-state index in [4.69, 9.17) is 9.26 Å². The molecule has 0 bridgehead atoms. The molecule has 0 radical (unpaired) electrons. The van der Waals surface area contributed by atoms with Gasteiger partial charge in [0.25, 0.3) is 0 Å². The maximum atomic E-state index is 5.49. The summed E-state index contributed by atoms with van der Waals surface area (Å²) in [6.07, 6.45) is 2.13. The molecule has 2 aromatic rings. The van der Waals surface area contributed by atoms with E-state index in [9.17, 15) is 0 Å². The minimum atomic E-state index is 0.0425. The SMILES string of the molecule is CCC(CC)c1cc(CNC(=NC)NC(C)c2cc(C)ccc2OC)on1. The van der Waals surface area contributed by atoms with Crippen molar-refractivity contribution < 1.29 is 9.26 Å². The van der Waals surface area contributed by atoms with Crippen molar-refractivity contribution in [1.82, 2.24) is 15.8 Å². The first-order chi connectivity index (χ1) is 13.0. The van der Waals surface area contributed by atoms with Gasteiger partial charge in [-0.2, -0.15) is 0 Å². The van der Waals surface area contributed by atoms with Crippen LogP contribution in [0.5, 0.6) is 5.75 Å². The summed E-state index contributed by atoms with van der Waals surface area (Å²) in [5, 5.41) is 10.9. The zero-order chi connectivity index (χ0) is 19.8. The van der Waals surface area contributed by atoms with Crippen LogP contribution in [0.1, 0.15) is 68.2 Å². The second-order valence-corrected chi connectivity index (χ2v) is 6.77. The maximum Gasteiger partial charge on any atom is 0.191 e. The standard InChI is InChI=1S/C21H32N4O2/c1-7-16(8-2)19-12-17(27-25-19)13-23-21(22-5)24-15(4)18-11-14(3)9-10-20(18)26-6/h9-12,15-16H,7-8,13H2,1-6H3,(H2,22,23,24). The first-order valence-corrected chi connectivity index (χ1v) is 9.59. The van der Waals surface area contributed by atoms with Gasteiger partial charge >= 0.3 is 0 Å². The normalized spacial score (nSPS) is 12.9. The summed E-state index contributed by atoms with van der Waals surface area (Å²) in [4.78, 5) is 4.31. The van der Waals surface area contributed by atoms with Gasteiger partial charge in [-0.3, -0.25) is 4.99 Å². The lowest BCUT2D eigenvalue weighted by Gasteiger charge is -2.20. The molecule has 0 saturated heterocycles. The van der Waals surface area contributed by atoms with Crippen molar-refractivity contribution in [2.24, 2.45) is 4.99 Å². The van der Waals surface area contributed by atoms with E-state index in [-0.39, 0.29) is 6.04 Å². The Hall–Kier alpha value is -2.50. The van der Waals surface area contributed by atoms with Crippen molar-refractivity contribution in [3.05, 3.63) is 46.8 Å². The topological polar surface area (TPSA) is 71.7 Å². The summed E-state index contributed by atoms with van der Waals surface area (Å²) >= 11 is 0. The Kier molecular flexibility index (Phi) is 7.70. The van der Waals surface area contributed by atoms with Crippen molar-refractivity contribution in [3.63, 3.8) is 0 Å². The van der Waals surface area contributed by atoms with Crippen molar-refractivity contribution in [2.75, 3.05) is 14.2 Å². The van der Waals surface area contributed by atoms with Crippen molar-refractivity contribution in [2.45, 2.75) is 59.0 Å². The summed E-state index contributed by atoms with van der Waals surface area (Å²) in [7, 11) is 3.45. The molecule has 1 heterocycles. The number of aryl methyl sites for hydroxylation is 1. The molecule has 0 aliphatic rings. The summed E-state index contributed by atoms with van der Waals surface area (Å²) in [6, 6.07) is 8.24. The fourth-order valence-corrected chi connectivity index (χ4v) is 3.15. The van der Waals surface area contributed by atoms with Gasteiger partial charge in [-0.15, -0.1) is 0 Å². The van der Waals surface area contributed by atoms with Crippen LogP contribution in [0.3, 0.4) is 0 Å². The van der Waals surface area contributed by atoms with Gasteiger partial charge in [-0.05, 0) is 32.8 Å². The quantitative estimate of drug-likeness (QED) is 0.533. The number of methoxy groups -OCH3 is 1. The van der Waals surface area contributed by atoms with Gasteiger partial charge in [0, 0.05) is 24.6 Å². The van der Waals surface area contributed by atoms with E-state index < -0.39 is 0 Å². The fraction of sp³-hybridized carbons (Fsp3) is 0.524. The van der Waals surface area contributed by atoms with Crippen LogP contribution in [0.25, 0.3) is 0 Å². The lowest BCUT2D eigenvalue weighted by molar-refractivity contribution is 0.367. The van der Waals surface area contributed by atoms with Gasteiger partial charge in [0.2, 0.25) is 0 Å². The molecule has 2 rings (SSSR count). The summed E-state index contributed by atoms with van der Waals surface area (Å²) < 4.78 is 11.0. The summed E-state index contributed by atoms with van der Waals surface area (Å²) in [5.74, 6) is 2.82.